The smallest absolute Gasteiger partial charge is 0.184 e. The molecule has 5 rings (SSSR count). The summed E-state index contributed by atoms with van der Waals surface area (Å²) in [6.07, 6.45) is 1.47. The van der Waals surface area contributed by atoms with Gasteiger partial charge in [0.15, 0.2) is 5.78 Å². The molecule has 0 bridgehead atoms. The van der Waals surface area contributed by atoms with Crippen LogP contribution in [-0.2, 0) is 19.6 Å². The Balaban J connectivity index is 1.66. The molecule has 0 fully saturated rings. The maximum atomic E-state index is 14.4. The monoisotopic (exact) mass is 462 g/mol. The predicted octanol–water partition coefficient (Wildman–Crippen LogP) is 2.08. The Morgan fingerprint density at radius 1 is 1.24 bits per heavy atom. The minimum Gasteiger partial charge on any atom is -0.394 e. The second-order valence-corrected chi connectivity index (χ2v) is 8.99. The summed E-state index contributed by atoms with van der Waals surface area (Å²) in [5.41, 5.74) is 4.66. The van der Waals surface area contributed by atoms with Crippen molar-refractivity contribution in [3.8, 4) is 0 Å². The van der Waals surface area contributed by atoms with Crippen molar-refractivity contribution >= 4 is 11.5 Å². The average Bonchev–Trinajstić information content (AvgIpc) is 3.19. The van der Waals surface area contributed by atoms with E-state index in [1.54, 1.807) is 4.68 Å². The molecule has 3 heterocycles. The molecule has 3 aromatic rings. The molecule has 2 aromatic carbocycles. The molecule has 8 nitrogen and oxygen atoms in total. The number of aromatic nitrogens is 3. The van der Waals surface area contributed by atoms with Crippen LogP contribution >= 0.6 is 0 Å². The number of carbonyl (C=O) groups excluding carboxylic acids is 1. The van der Waals surface area contributed by atoms with Gasteiger partial charge in [-0.05, 0) is 42.9 Å². The zero-order valence-corrected chi connectivity index (χ0v) is 19.2. The Morgan fingerprint density at radius 2 is 2.03 bits per heavy atom. The molecular formula is C25H27FN6O2. The van der Waals surface area contributed by atoms with E-state index in [2.05, 4.69) is 44.6 Å². The fraction of sp³-hybridized carbons (Fsp3) is 0.360. The van der Waals surface area contributed by atoms with Crippen molar-refractivity contribution in [2.45, 2.75) is 31.6 Å². The number of hydrogen-bond donors (Lipinski definition) is 2. The summed E-state index contributed by atoms with van der Waals surface area (Å²) in [5.74, 6) is -0.370. The van der Waals surface area contributed by atoms with Crippen LogP contribution in [0.4, 0.5) is 4.39 Å². The van der Waals surface area contributed by atoms with Crippen molar-refractivity contribution in [2.75, 3.05) is 27.2 Å². The summed E-state index contributed by atoms with van der Waals surface area (Å²) >= 11 is 0. The van der Waals surface area contributed by atoms with E-state index in [4.69, 9.17) is 4.99 Å². The molecule has 9 heteroatoms. The molecule has 1 aromatic heterocycles. The van der Waals surface area contributed by atoms with E-state index >= 15 is 0 Å². The molecule has 176 valence electrons. The van der Waals surface area contributed by atoms with Gasteiger partial charge in [-0.15, -0.1) is 0 Å². The topological polar surface area (TPSA) is 95.6 Å². The lowest BCUT2D eigenvalue weighted by Gasteiger charge is -2.29. The minimum absolute atomic E-state index is 0.0373. The van der Waals surface area contributed by atoms with Gasteiger partial charge < -0.3 is 15.3 Å². The number of aliphatic hydroxyl groups excluding tert-OH is 1. The first-order chi connectivity index (χ1) is 16.5. The van der Waals surface area contributed by atoms with E-state index in [-0.39, 0.29) is 37.4 Å². The third kappa shape index (κ3) is 4.06. The molecule has 0 saturated carbocycles. The van der Waals surface area contributed by atoms with Gasteiger partial charge in [0.25, 0.3) is 0 Å². The fourth-order valence-corrected chi connectivity index (χ4v) is 4.95. The summed E-state index contributed by atoms with van der Waals surface area (Å²) in [7, 11) is 4.06. The lowest BCUT2D eigenvalue weighted by molar-refractivity contribution is 0.0999. The number of Topliss-reactive ketones (excluding diaryl/α,β-unsaturated/α-hetero) is 1. The quantitative estimate of drug-likeness (QED) is 0.583. The molecule has 2 unspecified atom stereocenters. The largest absolute Gasteiger partial charge is 0.394 e. The molecule has 0 amide bonds. The van der Waals surface area contributed by atoms with Gasteiger partial charge >= 0.3 is 0 Å². The highest BCUT2D eigenvalue weighted by Crippen LogP contribution is 2.40. The lowest BCUT2D eigenvalue weighted by Crippen LogP contribution is -2.33. The highest BCUT2D eigenvalue weighted by atomic mass is 19.1. The van der Waals surface area contributed by atoms with Gasteiger partial charge in [-0.25, -0.2) is 14.1 Å². The van der Waals surface area contributed by atoms with Gasteiger partial charge in [-0.3, -0.25) is 9.79 Å². The minimum atomic E-state index is -0.434. The highest BCUT2D eigenvalue weighted by molar-refractivity contribution is 6.18. The van der Waals surface area contributed by atoms with Gasteiger partial charge in [0.1, 0.15) is 24.5 Å². The number of carbonyl (C=O) groups is 1. The summed E-state index contributed by atoms with van der Waals surface area (Å²) in [6, 6.07) is 10.9. The molecule has 2 aliphatic heterocycles. The number of aliphatic hydroxyl groups is 1. The van der Waals surface area contributed by atoms with E-state index in [1.165, 1.54) is 24.0 Å². The highest BCUT2D eigenvalue weighted by Gasteiger charge is 2.40. The van der Waals surface area contributed by atoms with Gasteiger partial charge in [0.2, 0.25) is 0 Å². The van der Waals surface area contributed by atoms with Crippen molar-refractivity contribution < 1.29 is 14.3 Å². The van der Waals surface area contributed by atoms with E-state index in [0.717, 1.165) is 12.1 Å². The Kier molecular flexibility index (Phi) is 6.07. The number of nitrogens with one attached hydrogen (secondary N) is 1. The van der Waals surface area contributed by atoms with E-state index in [1.807, 2.05) is 14.1 Å². The first-order valence-electron chi connectivity index (χ1n) is 11.3. The van der Waals surface area contributed by atoms with Crippen molar-refractivity contribution in [1.82, 2.24) is 25.0 Å². The molecular weight excluding hydrogens is 435 g/mol. The number of nitrogens with zero attached hydrogens (tertiary/aromatic N) is 5. The summed E-state index contributed by atoms with van der Waals surface area (Å²) in [6.45, 7) is 1.37. The maximum Gasteiger partial charge on any atom is 0.184 e. The van der Waals surface area contributed by atoms with Gasteiger partial charge in [-0.2, -0.15) is 5.10 Å². The zero-order valence-electron chi connectivity index (χ0n) is 19.2. The predicted molar refractivity (Wildman–Crippen MR) is 125 cm³/mol. The maximum absolute atomic E-state index is 14.4. The zero-order chi connectivity index (χ0) is 23.8. The van der Waals surface area contributed by atoms with E-state index in [0.29, 0.717) is 34.8 Å². The van der Waals surface area contributed by atoms with Crippen molar-refractivity contribution in [3.05, 3.63) is 82.2 Å². The van der Waals surface area contributed by atoms with Gasteiger partial charge in [-0.1, -0.05) is 24.3 Å². The second kappa shape index (κ2) is 9.17. The van der Waals surface area contributed by atoms with Crippen LogP contribution in [0.1, 0.15) is 50.4 Å². The molecule has 0 spiro atoms. The molecule has 2 N–H and O–H groups in total. The third-order valence-corrected chi connectivity index (χ3v) is 6.35. The van der Waals surface area contributed by atoms with Gasteiger partial charge in [0, 0.05) is 30.3 Å². The summed E-state index contributed by atoms with van der Waals surface area (Å²) in [5, 5.41) is 17.5. The number of benzene rings is 2. The number of ketones is 1. The van der Waals surface area contributed by atoms with Crippen molar-refractivity contribution in [1.29, 1.82) is 0 Å². The molecule has 0 radical (unpaired) electrons. The number of hydrogen-bond acceptors (Lipinski definition) is 7. The summed E-state index contributed by atoms with van der Waals surface area (Å²) in [4.78, 5) is 24.0. The van der Waals surface area contributed by atoms with Crippen LogP contribution in [0.15, 0.2) is 47.7 Å². The Bertz CT molecular complexity index is 1250. The molecule has 34 heavy (non-hydrogen) atoms. The SMILES string of the molecule is CN(C)Cc1ccc(C2NCc3cc(F)cc4c3C(=NCC4=O)C2c2ncnn2CCO)cc1. The van der Waals surface area contributed by atoms with Crippen LogP contribution < -0.4 is 5.32 Å². The van der Waals surface area contributed by atoms with Crippen LogP contribution in [-0.4, -0.2) is 63.5 Å². The molecule has 2 aliphatic rings. The summed E-state index contributed by atoms with van der Waals surface area (Å²) < 4.78 is 16.1. The number of rotatable bonds is 6. The van der Waals surface area contributed by atoms with Crippen LogP contribution in [0.5, 0.6) is 0 Å². The molecule has 2 atom stereocenters. The van der Waals surface area contributed by atoms with Crippen LogP contribution in [0.25, 0.3) is 0 Å². The first-order valence-corrected chi connectivity index (χ1v) is 11.3. The Hall–Kier alpha value is -3.27. The van der Waals surface area contributed by atoms with E-state index in [9.17, 15) is 14.3 Å². The van der Waals surface area contributed by atoms with Crippen molar-refractivity contribution in [2.24, 2.45) is 4.99 Å². The third-order valence-electron chi connectivity index (χ3n) is 6.35. The van der Waals surface area contributed by atoms with Gasteiger partial charge in [0.05, 0.1) is 24.8 Å². The standard InChI is InChI=1S/C25H27FN6O2/c1-31(2)13-15-3-5-16(6-4-15)23-22(25-29-14-30-32(25)7-8-33)24-21-17(11-27-23)9-18(26)10-19(21)20(34)12-28-24/h3-6,9-10,14,22-23,27,33H,7-8,11-13H2,1-2H3. The molecule has 0 saturated heterocycles. The number of aliphatic imine (C=N–C) groups is 1. The Labute approximate surface area is 197 Å². The Morgan fingerprint density at radius 3 is 2.76 bits per heavy atom. The first kappa shape index (κ1) is 22.5. The van der Waals surface area contributed by atoms with E-state index < -0.39 is 5.82 Å². The average molecular weight is 463 g/mol. The fourth-order valence-electron chi connectivity index (χ4n) is 4.95. The van der Waals surface area contributed by atoms with Crippen molar-refractivity contribution in [3.63, 3.8) is 0 Å². The van der Waals surface area contributed by atoms with Crippen LogP contribution in [0.2, 0.25) is 0 Å². The van der Waals surface area contributed by atoms with Crippen LogP contribution in [0.3, 0.4) is 0 Å². The number of halogens is 1. The normalized spacial score (nSPS) is 19.7. The van der Waals surface area contributed by atoms with Crippen LogP contribution in [0, 0.1) is 5.82 Å². The molecule has 0 aliphatic carbocycles. The lowest BCUT2D eigenvalue weighted by atomic mass is 9.81. The second-order valence-electron chi connectivity index (χ2n) is 8.99.